The first-order valence-corrected chi connectivity index (χ1v) is 6.61. The summed E-state index contributed by atoms with van der Waals surface area (Å²) in [7, 11) is 0. The van der Waals surface area contributed by atoms with E-state index >= 15 is 0 Å². The van der Waals surface area contributed by atoms with Crippen LogP contribution in [0.1, 0.15) is 66.7 Å². The molecule has 0 aromatic heterocycles. The van der Waals surface area contributed by atoms with Gasteiger partial charge in [-0.05, 0) is 37.5 Å². The Kier molecular flexibility index (Phi) is 7.82. The summed E-state index contributed by atoms with van der Waals surface area (Å²) in [6.45, 7) is 15.5. The summed E-state index contributed by atoms with van der Waals surface area (Å²) in [5.74, 6) is 2.56. The minimum atomic E-state index is 0.804. The van der Waals surface area contributed by atoms with Crippen LogP contribution in [0, 0.1) is 17.8 Å². The Bertz CT molecular complexity index is 167. The van der Waals surface area contributed by atoms with Crippen molar-refractivity contribution in [1.82, 2.24) is 0 Å². The molecule has 0 saturated carbocycles. The molecule has 0 radical (unpaired) electrons. The normalized spacial score (nSPS) is 15.3. The summed E-state index contributed by atoms with van der Waals surface area (Å²) in [5, 5.41) is 0. The highest BCUT2D eigenvalue weighted by atomic mass is 14.2. The molecule has 0 heterocycles. The fourth-order valence-corrected chi connectivity index (χ4v) is 2.05. The molecule has 0 N–H and O–H groups in total. The van der Waals surface area contributed by atoms with E-state index in [2.05, 4.69) is 41.2 Å². The van der Waals surface area contributed by atoms with Crippen LogP contribution in [0.5, 0.6) is 0 Å². The first-order valence-electron chi connectivity index (χ1n) is 6.61. The number of hydrogen-bond donors (Lipinski definition) is 0. The van der Waals surface area contributed by atoms with Gasteiger partial charge in [0.25, 0.3) is 0 Å². The number of rotatable bonds is 8. The molecule has 0 fully saturated rings. The second-order valence-corrected chi connectivity index (χ2v) is 5.61. The van der Waals surface area contributed by atoms with Crippen LogP contribution in [-0.4, -0.2) is 0 Å². The van der Waals surface area contributed by atoms with Gasteiger partial charge in [0.1, 0.15) is 0 Å². The van der Waals surface area contributed by atoms with Gasteiger partial charge in [0.05, 0.1) is 0 Å². The highest BCUT2D eigenvalue weighted by Crippen LogP contribution is 2.26. The SMILES string of the molecule is C=C(C)CC(CCCC(C)CC)C(C)C. The van der Waals surface area contributed by atoms with Crippen molar-refractivity contribution in [3.8, 4) is 0 Å². The summed E-state index contributed by atoms with van der Waals surface area (Å²) in [4.78, 5) is 0. The lowest BCUT2D eigenvalue weighted by molar-refractivity contribution is 0.331. The second kappa shape index (κ2) is 7.96. The van der Waals surface area contributed by atoms with Crippen molar-refractivity contribution in [2.75, 3.05) is 0 Å². The average molecular weight is 210 g/mol. The van der Waals surface area contributed by atoms with Crippen LogP contribution in [-0.2, 0) is 0 Å². The smallest absolute Gasteiger partial charge is 0.0295 e. The van der Waals surface area contributed by atoms with Gasteiger partial charge in [0, 0.05) is 0 Å². The van der Waals surface area contributed by atoms with E-state index in [9.17, 15) is 0 Å². The predicted molar refractivity (Wildman–Crippen MR) is 71.1 cm³/mol. The molecule has 0 aliphatic rings. The first kappa shape index (κ1) is 14.7. The topological polar surface area (TPSA) is 0 Å². The number of hydrogen-bond acceptors (Lipinski definition) is 0. The van der Waals surface area contributed by atoms with Crippen LogP contribution in [0.25, 0.3) is 0 Å². The highest BCUT2D eigenvalue weighted by molar-refractivity contribution is 4.91. The van der Waals surface area contributed by atoms with Gasteiger partial charge in [-0.25, -0.2) is 0 Å². The first-order chi connectivity index (χ1) is 6.97. The zero-order valence-electron chi connectivity index (χ0n) is 11.5. The average Bonchev–Trinajstić information content (AvgIpc) is 2.15. The molecule has 0 aliphatic heterocycles. The zero-order chi connectivity index (χ0) is 11.8. The monoisotopic (exact) mass is 210 g/mol. The lowest BCUT2D eigenvalue weighted by atomic mass is 9.84. The van der Waals surface area contributed by atoms with Crippen LogP contribution in [0.3, 0.4) is 0 Å². The van der Waals surface area contributed by atoms with Crippen molar-refractivity contribution in [2.45, 2.75) is 66.7 Å². The molecule has 0 rings (SSSR count). The largest absolute Gasteiger partial charge is 0.100 e. The summed E-state index contributed by atoms with van der Waals surface area (Å²) < 4.78 is 0. The molecule has 0 heteroatoms. The maximum atomic E-state index is 4.04. The Labute approximate surface area is 97.2 Å². The van der Waals surface area contributed by atoms with Gasteiger partial charge in [-0.2, -0.15) is 0 Å². The molecular weight excluding hydrogens is 180 g/mol. The Morgan fingerprint density at radius 3 is 2.13 bits per heavy atom. The molecule has 0 bridgehead atoms. The van der Waals surface area contributed by atoms with Gasteiger partial charge in [0.15, 0.2) is 0 Å². The van der Waals surface area contributed by atoms with Crippen molar-refractivity contribution >= 4 is 0 Å². The molecule has 0 saturated heterocycles. The summed E-state index contributed by atoms with van der Waals surface area (Å²) >= 11 is 0. The van der Waals surface area contributed by atoms with E-state index in [4.69, 9.17) is 0 Å². The Balaban J connectivity index is 3.81. The summed E-state index contributed by atoms with van der Waals surface area (Å²) in [6, 6.07) is 0. The Morgan fingerprint density at radius 1 is 1.13 bits per heavy atom. The fourth-order valence-electron chi connectivity index (χ4n) is 2.05. The quantitative estimate of drug-likeness (QED) is 0.468. The molecule has 0 aliphatic carbocycles. The van der Waals surface area contributed by atoms with Crippen LogP contribution >= 0.6 is 0 Å². The second-order valence-electron chi connectivity index (χ2n) is 5.61. The van der Waals surface area contributed by atoms with E-state index < -0.39 is 0 Å². The standard InChI is InChI=1S/C15H30/c1-7-14(6)9-8-10-15(13(4)5)11-12(2)3/h13-15H,2,7-11H2,1,3-6H3. The summed E-state index contributed by atoms with van der Waals surface area (Å²) in [5.41, 5.74) is 1.34. The maximum absolute atomic E-state index is 4.04. The van der Waals surface area contributed by atoms with Crippen molar-refractivity contribution in [2.24, 2.45) is 17.8 Å². The van der Waals surface area contributed by atoms with Gasteiger partial charge < -0.3 is 0 Å². The molecule has 0 nitrogen and oxygen atoms in total. The van der Waals surface area contributed by atoms with Gasteiger partial charge in [-0.15, -0.1) is 6.58 Å². The highest BCUT2D eigenvalue weighted by Gasteiger charge is 2.13. The van der Waals surface area contributed by atoms with Crippen LogP contribution in [0.2, 0.25) is 0 Å². The van der Waals surface area contributed by atoms with E-state index in [1.165, 1.54) is 37.7 Å². The van der Waals surface area contributed by atoms with E-state index in [0.29, 0.717) is 0 Å². The lowest BCUT2D eigenvalue weighted by Crippen LogP contribution is -2.09. The third-order valence-corrected chi connectivity index (χ3v) is 3.52. The van der Waals surface area contributed by atoms with E-state index in [1.807, 2.05) is 0 Å². The molecule has 2 atom stereocenters. The van der Waals surface area contributed by atoms with Crippen LogP contribution < -0.4 is 0 Å². The summed E-state index contributed by atoms with van der Waals surface area (Å²) in [6.07, 6.45) is 6.72. The van der Waals surface area contributed by atoms with Crippen molar-refractivity contribution in [3.05, 3.63) is 12.2 Å². The molecule has 0 amide bonds. The number of allylic oxidation sites excluding steroid dienone is 1. The van der Waals surface area contributed by atoms with Crippen LogP contribution in [0.15, 0.2) is 12.2 Å². The zero-order valence-corrected chi connectivity index (χ0v) is 11.5. The Hall–Kier alpha value is -0.260. The Morgan fingerprint density at radius 2 is 1.73 bits per heavy atom. The predicted octanol–water partition coefficient (Wildman–Crippen LogP) is 5.44. The van der Waals surface area contributed by atoms with Gasteiger partial charge >= 0.3 is 0 Å². The van der Waals surface area contributed by atoms with E-state index in [1.54, 1.807) is 0 Å². The van der Waals surface area contributed by atoms with Crippen molar-refractivity contribution in [1.29, 1.82) is 0 Å². The lowest BCUT2D eigenvalue weighted by Gasteiger charge is -2.21. The van der Waals surface area contributed by atoms with Crippen molar-refractivity contribution in [3.63, 3.8) is 0 Å². The van der Waals surface area contributed by atoms with Gasteiger partial charge in [0.2, 0.25) is 0 Å². The minimum absolute atomic E-state index is 0.804. The third kappa shape index (κ3) is 7.64. The van der Waals surface area contributed by atoms with E-state index in [-0.39, 0.29) is 0 Å². The van der Waals surface area contributed by atoms with Crippen molar-refractivity contribution < 1.29 is 0 Å². The molecule has 0 spiro atoms. The van der Waals surface area contributed by atoms with Gasteiger partial charge in [-0.1, -0.05) is 52.5 Å². The molecule has 0 aromatic rings. The van der Waals surface area contributed by atoms with Gasteiger partial charge in [-0.3, -0.25) is 0 Å². The molecule has 15 heavy (non-hydrogen) atoms. The molecule has 0 aromatic carbocycles. The van der Waals surface area contributed by atoms with E-state index in [0.717, 1.165) is 17.8 Å². The third-order valence-electron chi connectivity index (χ3n) is 3.52. The molecule has 2 unspecified atom stereocenters. The van der Waals surface area contributed by atoms with Crippen LogP contribution in [0.4, 0.5) is 0 Å². The fraction of sp³-hybridized carbons (Fsp3) is 0.867. The maximum Gasteiger partial charge on any atom is -0.0295 e. The minimum Gasteiger partial charge on any atom is -0.100 e. The molecule has 90 valence electrons. The molecular formula is C15H30.